The fourth-order valence-corrected chi connectivity index (χ4v) is 1.49. The molecule has 1 saturated heterocycles. The van der Waals surface area contributed by atoms with Gasteiger partial charge in [-0.3, -0.25) is 0 Å². The van der Waals surface area contributed by atoms with Crippen LogP contribution in [0.2, 0.25) is 0 Å². The van der Waals surface area contributed by atoms with Crippen molar-refractivity contribution in [3.63, 3.8) is 0 Å². The van der Waals surface area contributed by atoms with Crippen LogP contribution in [-0.2, 0) is 19.0 Å². The Hall–Kier alpha value is -0.450. The van der Waals surface area contributed by atoms with E-state index < -0.39 is 5.79 Å². The molecule has 0 amide bonds. The van der Waals surface area contributed by atoms with Gasteiger partial charge in [-0.15, -0.1) is 0 Å². The normalized spacial score (nSPS) is 32.1. The first-order chi connectivity index (χ1) is 6.56. The van der Waals surface area contributed by atoms with Crippen molar-refractivity contribution in [2.45, 2.75) is 38.6 Å². The molecular formula is C10H18O4. The molecule has 0 aromatic carbocycles. The maximum Gasteiger partial charge on any atom is 0.166 e. The van der Waals surface area contributed by atoms with Crippen LogP contribution >= 0.6 is 0 Å². The molecular weight excluding hydrogens is 184 g/mol. The van der Waals surface area contributed by atoms with Crippen molar-refractivity contribution in [3.05, 3.63) is 0 Å². The van der Waals surface area contributed by atoms with Crippen molar-refractivity contribution in [3.8, 4) is 0 Å². The van der Waals surface area contributed by atoms with Gasteiger partial charge in [-0.05, 0) is 13.8 Å². The molecule has 1 heterocycles. The standard InChI is InChI=1S/C10H18O4/c1-8(11)4-5-10(2)13-7-9(14-10)6-12-3/h9H,4-7H2,1-3H3/t9-,10+/m1/s1. The van der Waals surface area contributed by atoms with Gasteiger partial charge < -0.3 is 19.0 Å². The van der Waals surface area contributed by atoms with Crippen LogP contribution in [-0.4, -0.2) is 38.0 Å². The molecule has 82 valence electrons. The molecule has 0 aromatic rings. The summed E-state index contributed by atoms with van der Waals surface area (Å²) in [6.45, 7) is 4.52. The second kappa shape index (κ2) is 4.87. The third-order valence-corrected chi connectivity index (χ3v) is 2.27. The van der Waals surface area contributed by atoms with E-state index in [0.717, 1.165) is 0 Å². The minimum absolute atomic E-state index is 0.00282. The molecule has 14 heavy (non-hydrogen) atoms. The van der Waals surface area contributed by atoms with Crippen molar-refractivity contribution in [2.75, 3.05) is 20.3 Å². The van der Waals surface area contributed by atoms with E-state index in [4.69, 9.17) is 14.2 Å². The van der Waals surface area contributed by atoms with Crippen molar-refractivity contribution in [1.82, 2.24) is 0 Å². The SMILES string of the molecule is COC[C@@H]1CO[C@](C)(CCC(C)=O)O1. The van der Waals surface area contributed by atoms with Crippen LogP contribution in [0.25, 0.3) is 0 Å². The van der Waals surface area contributed by atoms with E-state index in [1.807, 2.05) is 6.92 Å². The third kappa shape index (κ3) is 3.36. The highest BCUT2D eigenvalue weighted by molar-refractivity contribution is 5.75. The third-order valence-electron chi connectivity index (χ3n) is 2.27. The molecule has 4 heteroatoms. The van der Waals surface area contributed by atoms with Gasteiger partial charge in [0.2, 0.25) is 0 Å². The first-order valence-electron chi connectivity index (χ1n) is 4.86. The number of Topliss-reactive ketones (excluding diaryl/α,β-unsaturated/α-hetero) is 1. The van der Waals surface area contributed by atoms with Gasteiger partial charge >= 0.3 is 0 Å². The molecule has 4 nitrogen and oxygen atoms in total. The second-order valence-electron chi connectivity index (χ2n) is 3.84. The van der Waals surface area contributed by atoms with Crippen LogP contribution in [0.1, 0.15) is 26.7 Å². The quantitative estimate of drug-likeness (QED) is 0.670. The number of hydrogen-bond donors (Lipinski definition) is 0. The van der Waals surface area contributed by atoms with E-state index >= 15 is 0 Å². The smallest absolute Gasteiger partial charge is 0.166 e. The van der Waals surface area contributed by atoms with E-state index in [0.29, 0.717) is 26.1 Å². The van der Waals surface area contributed by atoms with E-state index in [1.54, 1.807) is 14.0 Å². The van der Waals surface area contributed by atoms with Crippen LogP contribution in [0.4, 0.5) is 0 Å². The summed E-state index contributed by atoms with van der Waals surface area (Å²) in [4.78, 5) is 10.8. The lowest BCUT2D eigenvalue weighted by atomic mass is 10.1. The minimum Gasteiger partial charge on any atom is -0.382 e. The van der Waals surface area contributed by atoms with Crippen molar-refractivity contribution >= 4 is 5.78 Å². The molecule has 0 radical (unpaired) electrons. The van der Waals surface area contributed by atoms with E-state index in [-0.39, 0.29) is 11.9 Å². The number of rotatable bonds is 5. The summed E-state index contributed by atoms with van der Waals surface area (Å²) in [6.07, 6.45) is 1.11. The highest BCUT2D eigenvalue weighted by atomic mass is 16.7. The Morgan fingerprint density at radius 2 is 2.36 bits per heavy atom. The summed E-state index contributed by atoms with van der Waals surface area (Å²) < 4.78 is 16.1. The molecule has 0 N–H and O–H groups in total. The Kier molecular flexibility index (Phi) is 4.04. The zero-order valence-corrected chi connectivity index (χ0v) is 9.04. The maximum atomic E-state index is 10.8. The first-order valence-corrected chi connectivity index (χ1v) is 4.86. The number of carbonyl (C=O) groups excluding carboxylic acids is 1. The van der Waals surface area contributed by atoms with Gasteiger partial charge in [0, 0.05) is 20.0 Å². The van der Waals surface area contributed by atoms with Gasteiger partial charge in [-0.2, -0.15) is 0 Å². The van der Waals surface area contributed by atoms with E-state index in [2.05, 4.69) is 0 Å². The molecule has 0 saturated carbocycles. The molecule has 1 aliphatic heterocycles. The molecule has 0 spiro atoms. The van der Waals surface area contributed by atoms with E-state index in [1.165, 1.54) is 0 Å². The first kappa shape index (κ1) is 11.6. The number of hydrogen-bond acceptors (Lipinski definition) is 4. The van der Waals surface area contributed by atoms with Crippen molar-refractivity contribution < 1.29 is 19.0 Å². The van der Waals surface area contributed by atoms with E-state index in [9.17, 15) is 4.79 Å². The predicted octanol–water partition coefficient (Wildman–Crippen LogP) is 1.13. The van der Waals surface area contributed by atoms with Crippen LogP contribution in [0.5, 0.6) is 0 Å². The maximum absolute atomic E-state index is 10.8. The fourth-order valence-electron chi connectivity index (χ4n) is 1.49. The molecule has 1 fully saturated rings. The summed E-state index contributed by atoms with van der Waals surface area (Å²) in [6, 6.07) is 0. The van der Waals surface area contributed by atoms with Crippen LogP contribution in [0, 0.1) is 0 Å². The van der Waals surface area contributed by atoms with Crippen molar-refractivity contribution in [1.29, 1.82) is 0 Å². The highest BCUT2D eigenvalue weighted by Gasteiger charge is 2.36. The number of carbonyl (C=O) groups is 1. The number of methoxy groups -OCH3 is 1. The van der Waals surface area contributed by atoms with Gasteiger partial charge in [0.05, 0.1) is 13.2 Å². The summed E-state index contributed by atoms with van der Waals surface area (Å²) in [5, 5.41) is 0. The zero-order chi connectivity index (χ0) is 10.6. The molecule has 0 aliphatic carbocycles. The summed E-state index contributed by atoms with van der Waals surface area (Å²) in [7, 11) is 1.63. The topological polar surface area (TPSA) is 44.8 Å². The van der Waals surface area contributed by atoms with Gasteiger partial charge in [0.1, 0.15) is 11.9 Å². The van der Waals surface area contributed by atoms with Crippen LogP contribution in [0.3, 0.4) is 0 Å². The van der Waals surface area contributed by atoms with Crippen LogP contribution in [0.15, 0.2) is 0 Å². The molecule has 0 unspecified atom stereocenters. The Labute approximate surface area is 84.5 Å². The number of ether oxygens (including phenoxy) is 3. The monoisotopic (exact) mass is 202 g/mol. The summed E-state index contributed by atoms with van der Waals surface area (Å²) in [5.74, 6) is -0.442. The Morgan fingerprint density at radius 1 is 1.64 bits per heavy atom. The average molecular weight is 202 g/mol. The molecule has 1 aliphatic rings. The number of ketones is 1. The van der Waals surface area contributed by atoms with Crippen LogP contribution < -0.4 is 0 Å². The van der Waals surface area contributed by atoms with Crippen molar-refractivity contribution in [2.24, 2.45) is 0 Å². The van der Waals surface area contributed by atoms with Gasteiger partial charge in [0.15, 0.2) is 5.79 Å². The lowest BCUT2D eigenvalue weighted by Gasteiger charge is -2.22. The molecule has 0 bridgehead atoms. The predicted molar refractivity (Wildman–Crippen MR) is 51.0 cm³/mol. The lowest BCUT2D eigenvalue weighted by molar-refractivity contribution is -0.165. The molecule has 0 aromatic heterocycles. The lowest BCUT2D eigenvalue weighted by Crippen LogP contribution is -2.28. The average Bonchev–Trinajstić information content (AvgIpc) is 2.46. The largest absolute Gasteiger partial charge is 0.382 e. The molecule has 1 rings (SSSR count). The van der Waals surface area contributed by atoms with Gasteiger partial charge in [-0.25, -0.2) is 0 Å². The summed E-state index contributed by atoms with van der Waals surface area (Å²) in [5.41, 5.74) is 0. The minimum atomic E-state index is -0.602. The zero-order valence-electron chi connectivity index (χ0n) is 9.04. The Morgan fingerprint density at radius 3 is 2.93 bits per heavy atom. The fraction of sp³-hybridized carbons (Fsp3) is 0.900. The Balaban J connectivity index is 2.33. The van der Waals surface area contributed by atoms with Gasteiger partial charge in [-0.1, -0.05) is 0 Å². The second-order valence-corrected chi connectivity index (χ2v) is 3.84. The molecule has 2 atom stereocenters. The highest BCUT2D eigenvalue weighted by Crippen LogP contribution is 2.28. The summed E-state index contributed by atoms with van der Waals surface area (Å²) >= 11 is 0. The van der Waals surface area contributed by atoms with Gasteiger partial charge in [0.25, 0.3) is 0 Å². The Bertz CT molecular complexity index is 204.